The molecule has 0 aromatic rings. The van der Waals surface area contributed by atoms with E-state index in [1.807, 2.05) is 0 Å². The minimum Gasteiger partial charge on any atom is -0.375 e. The molecule has 1 nitrogen and oxygen atoms in total. The molecule has 1 heteroatoms. The summed E-state index contributed by atoms with van der Waals surface area (Å²) < 4.78 is 5.34. The van der Waals surface area contributed by atoms with Crippen LogP contribution in [0.2, 0.25) is 0 Å². The van der Waals surface area contributed by atoms with Gasteiger partial charge in [0.25, 0.3) is 0 Å². The van der Waals surface area contributed by atoms with Crippen LogP contribution in [0.5, 0.6) is 0 Å². The maximum atomic E-state index is 5.34. The second-order valence-electron chi connectivity index (χ2n) is 2.77. The van der Waals surface area contributed by atoms with Gasteiger partial charge in [0.15, 0.2) is 0 Å². The van der Waals surface area contributed by atoms with Crippen LogP contribution in [0.1, 0.15) is 19.8 Å². The normalized spacial score (nSPS) is 57.0. The fourth-order valence-electron chi connectivity index (χ4n) is 1.37. The van der Waals surface area contributed by atoms with E-state index in [2.05, 4.69) is 6.92 Å². The summed E-state index contributed by atoms with van der Waals surface area (Å²) in [6, 6.07) is 0. The van der Waals surface area contributed by atoms with Crippen LogP contribution in [-0.2, 0) is 4.74 Å². The molecule has 1 saturated heterocycles. The molecule has 1 aliphatic heterocycles. The molecule has 7 heavy (non-hydrogen) atoms. The van der Waals surface area contributed by atoms with E-state index < -0.39 is 0 Å². The van der Waals surface area contributed by atoms with Crippen molar-refractivity contribution < 1.29 is 4.74 Å². The Balaban J connectivity index is 2.05. The van der Waals surface area contributed by atoms with Gasteiger partial charge in [-0.1, -0.05) is 6.92 Å². The summed E-state index contributed by atoms with van der Waals surface area (Å²) in [6.45, 7) is 3.28. The molecule has 40 valence electrons. The molecule has 2 fully saturated rings. The zero-order valence-electron chi connectivity index (χ0n) is 4.61. The first-order valence-corrected chi connectivity index (χ1v) is 2.97. The Bertz CT molecular complexity index is 88.8. The lowest BCUT2D eigenvalue weighted by atomic mass is 10.1. The van der Waals surface area contributed by atoms with Crippen LogP contribution >= 0.6 is 0 Å². The Labute approximate surface area is 43.7 Å². The molecule has 0 aromatic carbocycles. The van der Waals surface area contributed by atoms with Crippen LogP contribution < -0.4 is 0 Å². The van der Waals surface area contributed by atoms with Crippen LogP contribution in [0.15, 0.2) is 0 Å². The smallest absolute Gasteiger partial charge is 0.0734 e. The van der Waals surface area contributed by atoms with Crippen molar-refractivity contribution in [1.82, 2.24) is 0 Å². The summed E-state index contributed by atoms with van der Waals surface area (Å²) >= 11 is 0. The average molecular weight is 98.1 g/mol. The SMILES string of the molecule is CC1CC12CCO2. The van der Waals surface area contributed by atoms with Crippen LogP contribution in [0.25, 0.3) is 0 Å². The molecule has 1 aliphatic carbocycles. The van der Waals surface area contributed by atoms with E-state index in [0.717, 1.165) is 12.5 Å². The molecule has 2 atom stereocenters. The lowest BCUT2D eigenvalue weighted by Crippen LogP contribution is -2.30. The first-order chi connectivity index (χ1) is 3.33. The summed E-state index contributed by atoms with van der Waals surface area (Å²) in [5.74, 6) is 0.876. The molecule has 1 spiro atoms. The van der Waals surface area contributed by atoms with Gasteiger partial charge in [-0.25, -0.2) is 0 Å². The van der Waals surface area contributed by atoms with Crippen LogP contribution in [-0.4, -0.2) is 12.2 Å². The predicted molar refractivity (Wildman–Crippen MR) is 27.1 cm³/mol. The molecular weight excluding hydrogens is 88.1 g/mol. The van der Waals surface area contributed by atoms with E-state index in [9.17, 15) is 0 Å². The fraction of sp³-hybridized carbons (Fsp3) is 1.00. The maximum absolute atomic E-state index is 5.34. The highest BCUT2D eigenvalue weighted by atomic mass is 16.5. The Morgan fingerprint density at radius 3 is 2.29 bits per heavy atom. The zero-order valence-corrected chi connectivity index (χ0v) is 4.61. The van der Waals surface area contributed by atoms with Crippen LogP contribution in [0.3, 0.4) is 0 Å². The highest BCUT2D eigenvalue weighted by molar-refractivity contribution is 5.06. The summed E-state index contributed by atoms with van der Waals surface area (Å²) in [5, 5.41) is 0. The second-order valence-corrected chi connectivity index (χ2v) is 2.77. The number of hydrogen-bond acceptors (Lipinski definition) is 1. The molecular formula is C6H10O. The zero-order chi connectivity index (χ0) is 4.91. The van der Waals surface area contributed by atoms with Crippen molar-refractivity contribution in [3.63, 3.8) is 0 Å². The minimum atomic E-state index is 0.431. The Hall–Kier alpha value is -0.0400. The van der Waals surface area contributed by atoms with Gasteiger partial charge in [0, 0.05) is 6.42 Å². The third kappa shape index (κ3) is 0.325. The third-order valence-corrected chi connectivity index (χ3v) is 2.30. The highest BCUT2D eigenvalue weighted by Gasteiger charge is 2.56. The summed E-state index contributed by atoms with van der Waals surface area (Å²) in [6.07, 6.45) is 2.65. The largest absolute Gasteiger partial charge is 0.375 e. The number of ether oxygens (including phenoxy) is 1. The summed E-state index contributed by atoms with van der Waals surface area (Å²) in [4.78, 5) is 0. The lowest BCUT2D eigenvalue weighted by Gasteiger charge is -2.27. The molecule has 0 aromatic heterocycles. The van der Waals surface area contributed by atoms with Crippen molar-refractivity contribution in [3.8, 4) is 0 Å². The first-order valence-electron chi connectivity index (χ1n) is 2.97. The predicted octanol–water partition coefficient (Wildman–Crippen LogP) is 1.19. The van der Waals surface area contributed by atoms with Crippen LogP contribution in [0, 0.1) is 5.92 Å². The van der Waals surface area contributed by atoms with Gasteiger partial charge in [-0.05, 0) is 12.3 Å². The molecule has 0 bridgehead atoms. The van der Waals surface area contributed by atoms with Crippen molar-refractivity contribution in [1.29, 1.82) is 0 Å². The first kappa shape index (κ1) is 3.90. The monoisotopic (exact) mass is 98.1 g/mol. The van der Waals surface area contributed by atoms with Crippen molar-refractivity contribution in [2.75, 3.05) is 6.61 Å². The number of rotatable bonds is 0. The Morgan fingerprint density at radius 1 is 1.71 bits per heavy atom. The second kappa shape index (κ2) is 0.873. The quantitative estimate of drug-likeness (QED) is 0.442. The molecule has 1 saturated carbocycles. The average Bonchev–Trinajstić information content (AvgIpc) is 2.10. The van der Waals surface area contributed by atoms with Crippen LogP contribution in [0.4, 0.5) is 0 Å². The van der Waals surface area contributed by atoms with E-state index in [1.165, 1.54) is 12.8 Å². The van der Waals surface area contributed by atoms with E-state index in [1.54, 1.807) is 0 Å². The highest BCUT2D eigenvalue weighted by Crippen LogP contribution is 2.54. The third-order valence-electron chi connectivity index (χ3n) is 2.30. The van der Waals surface area contributed by atoms with Crippen molar-refractivity contribution in [2.45, 2.75) is 25.4 Å². The number of hydrogen-bond donors (Lipinski definition) is 0. The van der Waals surface area contributed by atoms with Gasteiger partial charge in [-0.15, -0.1) is 0 Å². The van der Waals surface area contributed by atoms with Gasteiger partial charge >= 0.3 is 0 Å². The lowest BCUT2D eigenvalue weighted by molar-refractivity contribution is -0.0821. The van der Waals surface area contributed by atoms with E-state index in [0.29, 0.717) is 5.60 Å². The van der Waals surface area contributed by atoms with Gasteiger partial charge < -0.3 is 4.74 Å². The van der Waals surface area contributed by atoms with Crippen molar-refractivity contribution in [3.05, 3.63) is 0 Å². The molecule has 0 N–H and O–H groups in total. The molecule has 1 heterocycles. The van der Waals surface area contributed by atoms with Crippen molar-refractivity contribution >= 4 is 0 Å². The maximum Gasteiger partial charge on any atom is 0.0734 e. The van der Waals surface area contributed by atoms with Gasteiger partial charge in [0.05, 0.1) is 12.2 Å². The topological polar surface area (TPSA) is 9.23 Å². The van der Waals surface area contributed by atoms with E-state index >= 15 is 0 Å². The summed E-state index contributed by atoms with van der Waals surface area (Å²) in [7, 11) is 0. The minimum absolute atomic E-state index is 0.431. The van der Waals surface area contributed by atoms with Gasteiger partial charge in [0.2, 0.25) is 0 Å². The molecule has 2 unspecified atom stereocenters. The summed E-state index contributed by atoms with van der Waals surface area (Å²) in [5.41, 5.74) is 0.431. The molecule has 2 rings (SSSR count). The fourth-order valence-corrected chi connectivity index (χ4v) is 1.37. The van der Waals surface area contributed by atoms with Gasteiger partial charge in [0.1, 0.15) is 0 Å². The Morgan fingerprint density at radius 2 is 2.29 bits per heavy atom. The van der Waals surface area contributed by atoms with Crippen molar-refractivity contribution in [2.24, 2.45) is 5.92 Å². The standard InChI is InChI=1S/C6H10O/c1-5-4-6(5)2-3-7-6/h5H,2-4H2,1H3. The van der Waals surface area contributed by atoms with Gasteiger partial charge in [-0.2, -0.15) is 0 Å². The Kier molecular flexibility index (Phi) is 0.487. The van der Waals surface area contributed by atoms with E-state index in [-0.39, 0.29) is 0 Å². The van der Waals surface area contributed by atoms with E-state index in [4.69, 9.17) is 4.74 Å². The molecule has 0 radical (unpaired) electrons. The molecule has 2 aliphatic rings. The van der Waals surface area contributed by atoms with Gasteiger partial charge in [-0.3, -0.25) is 0 Å². The molecule has 0 amide bonds.